The van der Waals surface area contributed by atoms with Crippen molar-refractivity contribution in [2.24, 2.45) is 0 Å². The van der Waals surface area contributed by atoms with Crippen LogP contribution >= 0.6 is 11.6 Å². The van der Waals surface area contributed by atoms with Gasteiger partial charge in [-0.25, -0.2) is 9.78 Å². The van der Waals surface area contributed by atoms with Gasteiger partial charge in [0.2, 0.25) is 0 Å². The average molecular weight is 306 g/mol. The fourth-order valence-corrected chi connectivity index (χ4v) is 1.76. The Kier molecular flexibility index (Phi) is 4.73. The number of benzene rings is 1. The standard InChI is InChI=1S/C14H12ClN3O3/c1-21-14(20)18-11-4-2-3-10(8-11)17-13(19)9-5-6-16-12(15)7-9/h2-8H,1H3,(H,17,19)(H,18,20). The van der Waals surface area contributed by atoms with E-state index >= 15 is 0 Å². The Bertz CT molecular complexity index is 676. The SMILES string of the molecule is COC(=O)Nc1cccc(NC(=O)c2ccnc(Cl)c2)c1. The first-order valence-electron chi connectivity index (χ1n) is 5.96. The lowest BCUT2D eigenvalue weighted by atomic mass is 10.2. The molecule has 0 atom stereocenters. The summed E-state index contributed by atoms with van der Waals surface area (Å²) in [5, 5.41) is 5.45. The number of halogens is 1. The van der Waals surface area contributed by atoms with Crippen LogP contribution < -0.4 is 10.6 Å². The number of rotatable bonds is 3. The van der Waals surface area contributed by atoms with Gasteiger partial charge in [0, 0.05) is 23.1 Å². The minimum Gasteiger partial charge on any atom is -0.453 e. The van der Waals surface area contributed by atoms with Crippen molar-refractivity contribution in [3.63, 3.8) is 0 Å². The van der Waals surface area contributed by atoms with Gasteiger partial charge >= 0.3 is 6.09 Å². The Balaban J connectivity index is 2.11. The van der Waals surface area contributed by atoms with Crippen molar-refractivity contribution in [1.82, 2.24) is 4.98 Å². The Labute approximate surface area is 126 Å². The molecule has 6 nitrogen and oxygen atoms in total. The topological polar surface area (TPSA) is 80.3 Å². The molecule has 108 valence electrons. The fourth-order valence-electron chi connectivity index (χ4n) is 1.59. The summed E-state index contributed by atoms with van der Waals surface area (Å²) in [6.07, 6.45) is 0.867. The molecule has 0 aliphatic rings. The highest BCUT2D eigenvalue weighted by molar-refractivity contribution is 6.29. The summed E-state index contributed by atoms with van der Waals surface area (Å²) in [5.41, 5.74) is 1.43. The molecule has 0 radical (unpaired) electrons. The van der Waals surface area contributed by atoms with Crippen LogP contribution in [-0.2, 0) is 4.74 Å². The number of amides is 2. The lowest BCUT2D eigenvalue weighted by Crippen LogP contribution is -2.13. The number of aromatic nitrogens is 1. The molecule has 0 unspecified atom stereocenters. The largest absolute Gasteiger partial charge is 0.453 e. The molecule has 0 aliphatic carbocycles. The van der Waals surface area contributed by atoms with Crippen LogP contribution in [0, 0.1) is 0 Å². The predicted molar refractivity (Wildman–Crippen MR) is 79.7 cm³/mol. The highest BCUT2D eigenvalue weighted by Crippen LogP contribution is 2.17. The van der Waals surface area contributed by atoms with Gasteiger partial charge in [-0.2, -0.15) is 0 Å². The van der Waals surface area contributed by atoms with Gasteiger partial charge in [-0.3, -0.25) is 10.1 Å². The smallest absolute Gasteiger partial charge is 0.411 e. The second-order valence-electron chi connectivity index (χ2n) is 4.02. The van der Waals surface area contributed by atoms with Gasteiger partial charge in [0.1, 0.15) is 5.15 Å². The summed E-state index contributed by atoms with van der Waals surface area (Å²) in [5.74, 6) is -0.325. The maximum Gasteiger partial charge on any atom is 0.411 e. The molecule has 1 heterocycles. The van der Waals surface area contributed by atoms with Crippen molar-refractivity contribution in [1.29, 1.82) is 0 Å². The normalized spacial score (nSPS) is 9.81. The third kappa shape index (κ3) is 4.19. The number of ether oxygens (including phenoxy) is 1. The lowest BCUT2D eigenvalue weighted by molar-refractivity contribution is 0.102. The van der Waals surface area contributed by atoms with Crippen LogP contribution in [0.1, 0.15) is 10.4 Å². The third-order valence-electron chi connectivity index (χ3n) is 2.54. The summed E-state index contributed by atoms with van der Waals surface area (Å²) in [6, 6.07) is 9.70. The Morgan fingerprint density at radius 2 is 1.86 bits per heavy atom. The van der Waals surface area contributed by atoms with Gasteiger partial charge < -0.3 is 10.1 Å². The number of nitrogens with zero attached hydrogens (tertiary/aromatic N) is 1. The Morgan fingerprint density at radius 3 is 2.52 bits per heavy atom. The number of hydrogen-bond acceptors (Lipinski definition) is 4. The monoisotopic (exact) mass is 305 g/mol. The number of hydrogen-bond donors (Lipinski definition) is 2. The summed E-state index contributed by atoms with van der Waals surface area (Å²) in [7, 11) is 1.27. The Hall–Kier alpha value is -2.60. The van der Waals surface area contributed by atoms with Gasteiger partial charge in [0.05, 0.1) is 7.11 Å². The number of anilines is 2. The van der Waals surface area contributed by atoms with Gasteiger partial charge in [0.25, 0.3) is 5.91 Å². The zero-order chi connectivity index (χ0) is 15.2. The number of carbonyl (C=O) groups excluding carboxylic acids is 2. The summed E-state index contributed by atoms with van der Waals surface area (Å²) in [6.45, 7) is 0. The van der Waals surface area contributed by atoms with Gasteiger partial charge in [-0.15, -0.1) is 0 Å². The molecule has 2 aromatic rings. The fraction of sp³-hybridized carbons (Fsp3) is 0.0714. The number of pyridine rings is 1. The van der Waals surface area contributed by atoms with Gasteiger partial charge in [0.15, 0.2) is 0 Å². The quantitative estimate of drug-likeness (QED) is 0.854. The number of nitrogens with one attached hydrogen (secondary N) is 2. The third-order valence-corrected chi connectivity index (χ3v) is 2.75. The first-order valence-corrected chi connectivity index (χ1v) is 6.34. The van der Waals surface area contributed by atoms with Crippen LogP contribution in [0.2, 0.25) is 5.15 Å². The molecule has 2 rings (SSSR count). The molecular formula is C14H12ClN3O3. The molecule has 0 aliphatic heterocycles. The summed E-state index contributed by atoms with van der Waals surface area (Å²) < 4.78 is 4.50. The van der Waals surface area contributed by atoms with E-state index < -0.39 is 6.09 Å². The van der Waals surface area contributed by atoms with Crippen LogP contribution in [0.25, 0.3) is 0 Å². The van der Waals surface area contributed by atoms with Crippen molar-refractivity contribution in [3.8, 4) is 0 Å². The van der Waals surface area contributed by atoms with Crippen molar-refractivity contribution >= 4 is 35.0 Å². The van der Waals surface area contributed by atoms with E-state index in [0.29, 0.717) is 16.9 Å². The zero-order valence-corrected chi connectivity index (χ0v) is 11.8. The lowest BCUT2D eigenvalue weighted by Gasteiger charge is -2.08. The van der Waals surface area contributed by atoms with E-state index in [0.717, 1.165) is 0 Å². The minimum atomic E-state index is -0.584. The minimum absolute atomic E-state index is 0.240. The van der Waals surface area contributed by atoms with Crippen LogP contribution in [0.5, 0.6) is 0 Å². The maximum absolute atomic E-state index is 12.0. The summed E-state index contributed by atoms with van der Waals surface area (Å²) in [4.78, 5) is 27.0. The highest BCUT2D eigenvalue weighted by Gasteiger charge is 2.08. The van der Waals surface area contributed by atoms with Crippen molar-refractivity contribution in [2.75, 3.05) is 17.7 Å². The molecule has 1 aromatic heterocycles. The van der Waals surface area contributed by atoms with Crippen LogP contribution in [0.3, 0.4) is 0 Å². The van der Waals surface area contributed by atoms with Crippen LogP contribution in [0.4, 0.5) is 16.2 Å². The molecule has 7 heteroatoms. The molecular weight excluding hydrogens is 294 g/mol. The number of carbonyl (C=O) groups is 2. The maximum atomic E-state index is 12.0. The molecule has 0 fully saturated rings. The molecule has 1 aromatic carbocycles. The van der Waals surface area contributed by atoms with E-state index in [1.807, 2.05) is 0 Å². The molecule has 2 amide bonds. The van der Waals surface area contributed by atoms with E-state index in [-0.39, 0.29) is 11.1 Å². The van der Waals surface area contributed by atoms with E-state index in [4.69, 9.17) is 11.6 Å². The van der Waals surface area contributed by atoms with E-state index in [2.05, 4.69) is 20.4 Å². The van der Waals surface area contributed by atoms with E-state index in [1.165, 1.54) is 19.4 Å². The second kappa shape index (κ2) is 6.71. The van der Waals surface area contributed by atoms with Crippen molar-refractivity contribution < 1.29 is 14.3 Å². The van der Waals surface area contributed by atoms with Crippen LogP contribution in [-0.4, -0.2) is 24.1 Å². The first-order chi connectivity index (χ1) is 10.1. The van der Waals surface area contributed by atoms with E-state index in [1.54, 1.807) is 30.3 Å². The van der Waals surface area contributed by atoms with Crippen LogP contribution in [0.15, 0.2) is 42.6 Å². The highest BCUT2D eigenvalue weighted by atomic mass is 35.5. The predicted octanol–water partition coefficient (Wildman–Crippen LogP) is 3.17. The molecule has 0 spiro atoms. The zero-order valence-electron chi connectivity index (χ0n) is 11.1. The number of methoxy groups -OCH3 is 1. The van der Waals surface area contributed by atoms with Crippen molar-refractivity contribution in [3.05, 3.63) is 53.3 Å². The molecule has 0 saturated carbocycles. The van der Waals surface area contributed by atoms with Gasteiger partial charge in [-0.05, 0) is 30.3 Å². The van der Waals surface area contributed by atoms with E-state index in [9.17, 15) is 9.59 Å². The Morgan fingerprint density at radius 1 is 1.14 bits per heavy atom. The first kappa shape index (κ1) is 14.8. The molecule has 0 saturated heterocycles. The second-order valence-corrected chi connectivity index (χ2v) is 4.41. The van der Waals surface area contributed by atoms with Crippen molar-refractivity contribution in [2.45, 2.75) is 0 Å². The molecule has 21 heavy (non-hydrogen) atoms. The molecule has 0 bridgehead atoms. The van der Waals surface area contributed by atoms with Gasteiger partial charge in [-0.1, -0.05) is 17.7 Å². The summed E-state index contributed by atoms with van der Waals surface area (Å²) >= 11 is 5.74. The molecule has 2 N–H and O–H groups in total. The average Bonchev–Trinajstić information content (AvgIpc) is 2.47.